The predicted molar refractivity (Wildman–Crippen MR) is 77.1 cm³/mol. The summed E-state index contributed by atoms with van der Waals surface area (Å²) in [7, 11) is 0. The smallest absolute Gasteiger partial charge is 0.0951 e. The van der Waals surface area contributed by atoms with Gasteiger partial charge in [-0.25, -0.2) is 0 Å². The molecule has 19 heavy (non-hydrogen) atoms. The molecule has 1 N–H and O–H groups in total. The van der Waals surface area contributed by atoms with Crippen molar-refractivity contribution < 1.29 is 9.84 Å². The highest BCUT2D eigenvalue weighted by atomic mass is 16.5. The van der Waals surface area contributed by atoms with E-state index in [0.29, 0.717) is 12.8 Å². The molecule has 2 aromatic carbocycles. The van der Waals surface area contributed by atoms with Crippen molar-refractivity contribution >= 4 is 10.8 Å². The van der Waals surface area contributed by atoms with E-state index in [-0.39, 0.29) is 12.2 Å². The highest BCUT2D eigenvalue weighted by molar-refractivity contribution is 5.86. The van der Waals surface area contributed by atoms with Gasteiger partial charge in [-0.15, -0.1) is 0 Å². The van der Waals surface area contributed by atoms with Gasteiger partial charge in [-0.2, -0.15) is 0 Å². The Morgan fingerprint density at radius 3 is 2.37 bits per heavy atom. The van der Waals surface area contributed by atoms with Gasteiger partial charge in [0.2, 0.25) is 0 Å². The number of rotatable bonds is 1. The Morgan fingerprint density at radius 1 is 1.00 bits per heavy atom. The van der Waals surface area contributed by atoms with Crippen LogP contribution in [0, 0.1) is 0 Å². The van der Waals surface area contributed by atoms with Crippen molar-refractivity contribution in [2.45, 2.75) is 44.5 Å². The van der Waals surface area contributed by atoms with Gasteiger partial charge in [-0.3, -0.25) is 0 Å². The van der Waals surface area contributed by atoms with Crippen LogP contribution in [0.4, 0.5) is 0 Å². The summed E-state index contributed by atoms with van der Waals surface area (Å²) in [5.74, 6) is 0. The van der Waals surface area contributed by atoms with Crippen LogP contribution < -0.4 is 0 Å². The average Bonchev–Trinajstić information content (AvgIpc) is 2.36. The topological polar surface area (TPSA) is 29.5 Å². The third-order valence-electron chi connectivity index (χ3n) is 4.01. The molecule has 2 nitrogen and oxygen atoms in total. The summed E-state index contributed by atoms with van der Waals surface area (Å²) in [5, 5.41) is 13.4. The van der Waals surface area contributed by atoms with E-state index < -0.39 is 5.60 Å². The van der Waals surface area contributed by atoms with Gasteiger partial charge >= 0.3 is 0 Å². The van der Waals surface area contributed by atoms with E-state index in [2.05, 4.69) is 18.2 Å². The Balaban J connectivity index is 2.12. The lowest BCUT2D eigenvalue weighted by Crippen LogP contribution is -2.41. The molecule has 1 aliphatic rings. The van der Waals surface area contributed by atoms with Gasteiger partial charge in [0.25, 0.3) is 0 Å². The minimum Gasteiger partial charge on any atom is -0.385 e. The van der Waals surface area contributed by atoms with E-state index >= 15 is 0 Å². The zero-order valence-corrected chi connectivity index (χ0v) is 11.5. The van der Waals surface area contributed by atoms with Crippen molar-refractivity contribution in [1.82, 2.24) is 0 Å². The largest absolute Gasteiger partial charge is 0.385 e. The van der Waals surface area contributed by atoms with Crippen LogP contribution in [0.3, 0.4) is 0 Å². The van der Waals surface area contributed by atoms with Gasteiger partial charge < -0.3 is 9.84 Å². The number of hydrogen-bond acceptors (Lipinski definition) is 2. The SMILES string of the molecule is CC1CC(O)(c2cccc3ccccc23)CC(C)O1. The zero-order valence-electron chi connectivity index (χ0n) is 11.5. The average molecular weight is 256 g/mol. The standard InChI is InChI=1S/C17H20O2/c1-12-10-17(18,11-13(2)19-12)16-9-5-7-14-6-3-4-8-15(14)16/h3-9,12-13,18H,10-11H2,1-2H3. The Kier molecular flexibility index (Phi) is 3.08. The van der Waals surface area contributed by atoms with Crippen molar-refractivity contribution in [3.63, 3.8) is 0 Å². The van der Waals surface area contributed by atoms with E-state index in [1.165, 1.54) is 5.39 Å². The number of aliphatic hydroxyl groups is 1. The van der Waals surface area contributed by atoms with Crippen LogP contribution in [0.5, 0.6) is 0 Å². The quantitative estimate of drug-likeness (QED) is 0.844. The first-order chi connectivity index (χ1) is 9.08. The Labute approximate surface area is 114 Å². The van der Waals surface area contributed by atoms with Gasteiger partial charge in [0, 0.05) is 12.8 Å². The molecule has 2 heteroatoms. The fourth-order valence-corrected chi connectivity index (χ4v) is 3.38. The minimum absolute atomic E-state index is 0.0905. The molecule has 0 radical (unpaired) electrons. The third kappa shape index (κ3) is 2.26. The van der Waals surface area contributed by atoms with Crippen LogP contribution in [0.15, 0.2) is 42.5 Å². The zero-order chi connectivity index (χ0) is 13.5. The highest BCUT2D eigenvalue weighted by Crippen LogP contribution is 2.40. The van der Waals surface area contributed by atoms with Crippen LogP contribution in [-0.2, 0) is 10.3 Å². The molecule has 0 spiro atoms. The van der Waals surface area contributed by atoms with E-state index in [1.807, 2.05) is 38.1 Å². The van der Waals surface area contributed by atoms with Gasteiger partial charge in [0.05, 0.1) is 17.8 Å². The summed E-state index contributed by atoms with van der Waals surface area (Å²) >= 11 is 0. The molecule has 1 heterocycles. The molecule has 0 saturated carbocycles. The highest BCUT2D eigenvalue weighted by Gasteiger charge is 2.39. The Morgan fingerprint density at radius 2 is 1.63 bits per heavy atom. The van der Waals surface area contributed by atoms with Crippen LogP contribution >= 0.6 is 0 Å². The van der Waals surface area contributed by atoms with Crippen molar-refractivity contribution in [2.24, 2.45) is 0 Å². The second kappa shape index (κ2) is 4.62. The maximum atomic E-state index is 11.1. The van der Waals surface area contributed by atoms with Crippen molar-refractivity contribution in [3.05, 3.63) is 48.0 Å². The molecule has 2 unspecified atom stereocenters. The van der Waals surface area contributed by atoms with Gasteiger partial charge in [0.15, 0.2) is 0 Å². The van der Waals surface area contributed by atoms with Crippen molar-refractivity contribution in [3.8, 4) is 0 Å². The number of ether oxygens (including phenoxy) is 1. The molecular formula is C17H20O2. The molecule has 100 valence electrons. The molecule has 0 bridgehead atoms. The van der Waals surface area contributed by atoms with Crippen LogP contribution in [0.25, 0.3) is 10.8 Å². The summed E-state index contributed by atoms with van der Waals surface area (Å²) < 4.78 is 5.76. The molecule has 0 aliphatic carbocycles. The van der Waals surface area contributed by atoms with Crippen molar-refractivity contribution in [2.75, 3.05) is 0 Å². The maximum absolute atomic E-state index is 11.1. The number of fused-ring (bicyclic) bond motifs is 1. The fourth-order valence-electron chi connectivity index (χ4n) is 3.38. The van der Waals surface area contributed by atoms with E-state index in [4.69, 9.17) is 4.74 Å². The first-order valence-electron chi connectivity index (χ1n) is 6.94. The molecule has 2 aromatic rings. The maximum Gasteiger partial charge on any atom is 0.0951 e. The summed E-state index contributed by atoms with van der Waals surface area (Å²) in [6.45, 7) is 4.07. The molecule has 2 atom stereocenters. The molecule has 0 aromatic heterocycles. The van der Waals surface area contributed by atoms with Gasteiger partial charge in [-0.05, 0) is 30.2 Å². The van der Waals surface area contributed by atoms with Gasteiger partial charge in [-0.1, -0.05) is 42.5 Å². The fraction of sp³-hybridized carbons (Fsp3) is 0.412. The second-order valence-electron chi connectivity index (χ2n) is 5.72. The lowest BCUT2D eigenvalue weighted by atomic mass is 9.79. The van der Waals surface area contributed by atoms with Crippen molar-refractivity contribution in [1.29, 1.82) is 0 Å². The summed E-state index contributed by atoms with van der Waals surface area (Å²) in [5.41, 5.74) is 0.255. The Hall–Kier alpha value is -1.38. The normalized spacial score (nSPS) is 31.5. The van der Waals surface area contributed by atoms with Crippen LogP contribution in [-0.4, -0.2) is 17.3 Å². The number of benzene rings is 2. The lowest BCUT2D eigenvalue weighted by Gasteiger charge is -2.40. The van der Waals surface area contributed by atoms with Crippen LogP contribution in [0.2, 0.25) is 0 Å². The molecule has 0 amide bonds. The van der Waals surface area contributed by atoms with Crippen LogP contribution in [0.1, 0.15) is 32.3 Å². The molecule has 1 aliphatic heterocycles. The lowest BCUT2D eigenvalue weighted by molar-refractivity contribution is -0.135. The monoisotopic (exact) mass is 256 g/mol. The minimum atomic E-state index is -0.780. The Bertz CT molecular complexity index is 575. The third-order valence-corrected chi connectivity index (χ3v) is 4.01. The molecule has 3 rings (SSSR count). The second-order valence-corrected chi connectivity index (χ2v) is 5.72. The van der Waals surface area contributed by atoms with E-state index in [0.717, 1.165) is 10.9 Å². The molecule has 1 saturated heterocycles. The summed E-state index contributed by atoms with van der Waals surface area (Å²) in [4.78, 5) is 0. The van der Waals surface area contributed by atoms with E-state index in [9.17, 15) is 5.11 Å². The first-order valence-corrected chi connectivity index (χ1v) is 6.94. The molecular weight excluding hydrogens is 236 g/mol. The van der Waals surface area contributed by atoms with Gasteiger partial charge in [0.1, 0.15) is 0 Å². The predicted octanol–water partition coefficient (Wildman–Crippen LogP) is 3.61. The molecule has 1 fully saturated rings. The summed E-state index contributed by atoms with van der Waals surface area (Å²) in [6, 6.07) is 14.4. The number of hydrogen-bond donors (Lipinski definition) is 1. The van der Waals surface area contributed by atoms with E-state index in [1.54, 1.807) is 0 Å². The first kappa shape index (κ1) is 12.6. The summed E-state index contributed by atoms with van der Waals surface area (Å²) in [6.07, 6.45) is 1.50.